The highest BCUT2D eigenvalue weighted by molar-refractivity contribution is 7.14. The lowest BCUT2D eigenvalue weighted by molar-refractivity contribution is -0.116. The van der Waals surface area contributed by atoms with Crippen molar-refractivity contribution in [2.24, 2.45) is 0 Å². The molecule has 1 amide bonds. The minimum absolute atomic E-state index is 0.0384. The fourth-order valence-corrected chi connectivity index (χ4v) is 3.85. The molecule has 1 aromatic heterocycles. The predicted molar refractivity (Wildman–Crippen MR) is 126 cm³/mol. The average molecular weight is 423 g/mol. The zero-order valence-electron chi connectivity index (χ0n) is 18.4. The van der Waals surface area contributed by atoms with Crippen LogP contribution in [0.4, 0.5) is 5.13 Å². The van der Waals surface area contributed by atoms with Crippen LogP contribution in [0.5, 0.6) is 5.75 Å². The van der Waals surface area contributed by atoms with Crippen molar-refractivity contribution in [2.45, 2.75) is 52.9 Å². The van der Waals surface area contributed by atoms with Crippen LogP contribution in [0.1, 0.15) is 50.3 Å². The lowest BCUT2D eigenvalue weighted by atomic mass is 9.87. The molecule has 0 saturated carbocycles. The number of rotatable bonds is 7. The van der Waals surface area contributed by atoms with Gasteiger partial charge in [0.05, 0.1) is 12.3 Å². The third kappa shape index (κ3) is 5.92. The van der Waals surface area contributed by atoms with E-state index in [1.807, 2.05) is 17.5 Å². The van der Waals surface area contributed by atoms with Gasteiger partial charge in [0.2, 0.25) is 5.91 Å². The Morgan fingerprint density at radius 2 is 1.83 bits per heavy atom. The number of hydrogen-bond donors (Lipinski definition) is 1. The number of amides is 1. The highest BCUT2D eigenvalue weighted by Crippen LogP contribution is 2.28. The van der Waals surface area contributed by atoms with Gasteiger partial charge in [0.1, 0.15) is 5.75 Å². The van der Waals surface area contributed by atoms with Crippen LogP contribution in [-0.4, -0.2) is 17.5 Å². The van der Waals surface area contributed by atoms with E-state index in [2.05, 4.69) is 75.3 Å². The Kier molecular flexibility index (Phi) is 6.93. The number of nitrogens with zero attached hydrogens (tertiary/aromatic N) is 1. The van der Waals surface area contributed by atoms with E-state index >= 15 is 0 Å². The molecular weight excluding hydrogens is 392 g/mol. The summed E-state index contributed by atoms with van der Waals surface area (Å²) in [6.07, 6.45) is 1.06. The minimum atomic E-state index is -0.0384. The van der Waals surface area contributed by atoms with Crippen LogP contribution in [-0.2, 0) is 10.2 Å². The average Bonchev–Trinajstić information content (AvgIpc) is 3.15. The molecule has 0 aliphatic carbocycles. The molecule has 3 rings (SSSR count). The van der Waals surface area contributed by atoms with Crippen molar-refractivity contribution in [3.05, 3.63) is 64.5 Å². The highest BCUT2D eigenvalue weighted by Gasteiger charge is 2.13. The van der Waals surface area contributed by atoms with Crippen molar-refractivity contribution in [3.8, 4) is 17.0 Å². The predicted octanol–water partition coefficient (Wildman–Crippen LogP) is 6.52. The number of aromatic nitrogens is 1. The van der Waals surface area contributed by atoms with E-state index in [4.69, 9.17) is 4.74 Å². The number of hydrogen-bond acceptors (Lipinski definition) is 4. The summed E-state index contributed by atoms with van der Waals surface area (Å²) in [5, 5.41) is 5.52. The fourth-order valence-electron chi connectivity index (χ4n) is 3.12. The second-order valence-corrected chi connectivity index (χ2v) is 9.49. The minimum Gasteiger partial charge on any atom is -0.494 e. The van der Waals surface area contributed by atoms with Crippen LogP contribution in [0.15, 0.2) is 47.8 Å². The number of thiazole rings is 1. The van der Waals surface area contributed by atoms with Crippen LogP contribution in [0.25, 0.3) is 11.3 Å². The first-order valence-electron chi connectivity index (χ1n) is 10.3. The standard InChI is InChI=1S/C25H30N2O2S/c1-17-8-9-18(2)21(15-17)22-16-30-24(26-22)27-23(28)7-6-14-29-20-12-10-19(11-13-20)25(3,4)5/h8-13,15-16H,6-7,14H2,1-5H3,(H,26,27,28). The maximum absolute atomic E-state index is 12.2. The van der Waals surface area contributed by atoms with Gasteiger partial charge in [0.25, 0.3) is 0 Å². The van der Waals surface area contributed by atoms with E-state index in [9.17, 15) is 4.79 Å². The van der Waals surface area contributed by atoms with Gasteiger partial charge in [0, 0.05) is 17.4 Å². The quantitative estimate of drug-likeness (QED) is 0.441. The number of benzene rings is 2. The third-order valence-corrected chi connectivity index (χ3v) is 5.71. The van der Waals surface area contributed by atoms with E-state index in [1.54, 1.807) is 0 Å². The second kappa shape index (κ2) is 9.43. The molecule has 0 fully saturated rings. The van der Waals surface area contributed by atoms with Crippen molar-refractivity contribution < 1.29 is 9.53 Å². The highest BCUT2D eigenvalue weighted by atomic mass is 32.1. The van der Waals surface area contributed by atoms with Gasteiger partial charge in [-0.2, -0.15) is 0 Å². The number of anilines is 1. The van der Waals surface area contributed by atoms with E-state index in [1.165, 1.54) is 28.0 Å². The van der Waals surface area contributed by atoms with Gasteiger partial charge >= 0.3 is 0 Å². The van der Waals surface area contributed by atoms with Crippen molar-refractivity contribution >= 4 is 22.4 Å². The van der Waals surface area contributed by atoms with Crippen LogP contribution in [0, 0.1) is 13.8 Å². The molecule has 1 heterocycles. The molecule has 158 valence electrons. The van der Waals surface area contributed by atoms with Gasteiger partial charge in [-0.3, -0.25) is 4.79 Å². The molecule has 5 heteroatoms. The summed E-state index contributed by atoms with van der Waals surface area (Å²) < 4.78 is 5.77. The van der Waals surface area contributed by atoms with Crippen LogP contribution in [0.3, 0.4) is 0 Å². The summed E-state index contributed by atoms with van der Waals surface area (Å²) in [5.74, 6) is 0.796. The molecule has 4 nitrogen and oxygen atoms in total. The molecule has 0 atom stereocenters. The summed E-state index contributed by atoms with van der Waals surface area (Å²) in [7, 11) is 0. The second-order valence-electron chi connectivity index (χ2n) is 8.63. The molecule has 0 unspecified atom stereocenters. The van der Waals surface area contributed by atoms with Crippen LogP contribution in [0.2, 0.25) is 0 Å². The monoisotopic (exact) mass is 422 g/mol. The van der Waals surface area contributed by atoms with Crippen molar-refractivity contribution in [3.63, 3.8) is 0 Å². The van der Waals surface area contributed by atoms with Crippen LogP contribution < -0.4 is 10.1 Å². The number of ether oxygens (including phenoxy) is 1. The van der Waals surface area contributed by atoms with Gasteiger partial charge in [-0.05, 0) is 55.0 Å². The molecule has 3 aromatic rings. The van der Waals surface area contributed by atoms with E-state index < -0.39 is 0 Å². The van der Waals surface area contributed by atoms with Crippen molar-refractivity contribution in [2.75, 3.05) is 11.9 Å². The normalized spacial score (nSPS) is 11.4. The molecule has 0 radical (unpaired) electrons. The first kappa shape index (κ1) is 22.0. The van der Waals surface area contributed by atoms with E-state index in [0.717, 1.165) is 17.0 Å². The number of nitrogens with one attached hydrogen (secondary N) is 1. The molecule has 1 N–H and O–H groups in total. The molecule has 2 aromatic carbocycles. The summed E-state index contributed by atoms with van der Waals surface area (Å²) in [5.41, 5.74) is 5.79. The Balaban J connectivity index is 1.45. The lowest BCUT2D eigenvalue weighted by Crippen LogP contribution is -2.13. The first-order valence-corrected chi connectivity index (χ1v) is 11.2. The molecule has 30 heavy (non-hydrogen) atoms. The maximum Gasteiger partial charge on any atom is 0.226 e. The number of aryl methyl sites for hydroxylation is 2. The zero-order chi connectivity index (χ0) is 21.7. The summed E-state index contributed by atoms with van der Waals surface area (Å²) in [6.45, 7) is 11.2. The number of carbonyl (C=O) groups excluding carboxylic acids is 1. The SMILES string of the molecule is Cc1ccc(C)c(-c2csc(NC(=O)CCCOc3ccc(C(C)(C)C)cc3)n2)c1. The van der Waals surface area contributed by atoms with Gasteiger partial charge in [-0.25, -0.2) is 4.98 Å². The van der Waals surface area contributed by atoms with Crippen molar-refractivity contribution in [1.29, 1.82) is 0 Å². The lowest BCUT2D eigenvalue weighted by Gasteiger charge is -2.19. The summed E-state index contributed by atoms with van der Waals surface area (Å²) in [6, 6.07) is 14.5. The summed E-state index contributed by atoms with van der Waals surface area (Å²) >= 11 is 1.45. The molecule has 0 aliphatic heterocycles. The van der Waals surface area contributed by atoms with E-state index in [-0.39, 0.29) is 11.3 Å². The zero-order valence-corrected chi connectivity index (χ0v) is 19.2. The molecular formula is C25H30N2O2S. The Morgan fingerprint density at radius 3 is 2.53 bits per heavy atom. The third-order valence-electron chi connectivity index (χ3n) is 4.96. The maximum atomic E-state index is 12.2. The first-order chi connectivity index (χ1) is 14.2. The Labute approximate surface area is 183 Å². The van der Waals surface area contributed by atoms with Gasteiger partial charge in [-0.15, -0.1) is 11.3 Å². The van der Waals surface area contributed by atoms with Crippen LogP contribution >= 0.6 is 11.3 Å². The number of carbonyl (C=O) groups is 1. The van der Waals surface area contributed by atoms with Crippen molar-refractivity contribution in [1.82, 2.24) is 4.98 Å². The Hall–Kier alpha value is -2.66. The molecule has 0 bridgehead atoms. The van der Waals surface area contributed by atoms with E-state index in [0.29, 0.717) is 24.6 Å². The largest absolute Gasteiger partial charge is 0.494 e. The summed E-state index contributed by atoms with van der Waals surface area (Å²) in [4.78, 5) is 16.8. The Morgan fingerprint density at radius 1 is 1.10 bits per heavy atom. The molecule has 0 saturated heterocycles. The van der Waals surface area contributed by atoms with Gasteiger partial charge in [-0.1, -0.05) is 50.6 Å². The molecule has 0 spiro atoms. The van der Waals surface area contributed by atoms with Gasteiger partial charge in [0.15, 0.2) is 5.13 Å². The smallest absolute Gasteiger partial charge is 0.226 e. The van der Waals surface area contributed by atoms with Gasteiger partial charge < -0.3 is 10.1 Å². The molecule has 0 aliphatic rings. The topological polar surface area (TPSA) is 51.2 Å². The fraction of sp³-hybridized carbons (Fsp3) is 0.360. The Bertz CT molecular complexity index is 1000.